The van der Waals surface area contributed by atoms with E-state index in [4.69, 9.17) is 11.6 Å². The van der Waals surface area contributed by atoms with Gasteiger partial charge >= 0.3 is 0 Å². The molecule has 0 amide bonds. The average molecular weight is 132 g/mol. The fraction of sp³-hybridized carbons (Fsp3) is 0.667. The zero-order valence-electron chi connectivity index (χ0n) is 5.02. The zero-order valence-corrected chi connectivity index (χ0v) is 5.78. The van der Waals surface area contributed by atoms with Gasteiger partial charge in [-0.05, 0) is 6.92 Å². The molecule has 1 aliphatic rings. The maximum absolute atomic E-state index is 5.58. The monoisotopic (exact) mass is 131 g/mol. The third-order valence-corrected chi connectivity index (χ3v) is 1.32. The van der Waals surface area contributed by atoms with E-state index in [0.717, 1.165) is 11.6 Å². The van der Waals surface area contributed by atoms with Crippen LogP contribution >= 0.6 is 11.6 Å². The Morgan fingerprint density at radius 1 is 1.75 bits per heavy atom. The number of rotatable bonds is 2. The van der Waals surface area contributed by atoms with Gasteiger partial charge in [0.1, 0.15) is 0 Å². The molecule has 1 fully saturated rings. The quantitative estimate of drug-likeness (QED) is 0.513. The molecule has 2 heteroatoms. The Kier molecular flexibility index (Phi) is 1.92. The van der Waals surface area contributed by atoms with Crippen LogP contribution in [0.5, 0.6) is 0 Å². The highest BCUT2D eigenvalue weighted by molar-refractivity contribution is 6.29. The lowest BCUT2D eigenvalue weighted by molar-refractivity contribution is 0.628. The van der Waals surface area contributed by atoms with Crippen molar-refractivity contribution in [3.8, 4) is 0 Å². The molecule has 0 aromatic carbocycles. The fourth-order valence-corrected chi connectivity index (χ4v) is 0.577. The first-order valence-corrected chi connectivity index (χ1v) is 3.21. The third-order valence-electron chi connectivity index (χ3n) is 1.17. The molecule has 1 aliphatic heterocycles. The molecule has 0 bridgehead atoms. The van der Waals surface area contributed by atoms with Crippen LogP contribution < -0.4 is 0 Å². The smallest absolute Gasteiger partial charge is 0.0178 e. The van der Waals surface area contributed by atoms with E-state index in [0.29, 0.717) is 0 Å². The first-order chi connectivity index (χ1) is 3.79. The average Bonchev–Trinajstić information content (AvgIpc) is 2.41. The molecule has 8 heavy (non-hydrogen) atoms. The Hall–Kier alpha value is -0.0100. The van der Waals surface area contributed by atoms with Crippen molar-refractivity contribution in [2.24, 2.45) is 0 Å². The second-order valence-electron chi connectivity index (χ2n) is 2.09. The summed E-state index contributed by atoms with van der Waals surface area (Å²) < 4.78 is 0. The molecule has 0 spiro atoms. The van der Waals surface area contributed by atoms with Crippen molar-refractivity contribution < 1.29 is 0 Å². The summed E-state index contributed by atoms with van der Waals surface area (Å²) in [5.41, 5.74) is 0. The number of halogens is 1. The molecule has 1 saturated heterocycles. The Labute approximate surface area is 54.9 Å². The summed E-state index contributed by atoms with van der Waals surface area (Å²) >= 11 is 5.58. The van der Waals surface area contributed by atoms with Crippen molar-refractivity contribution in [3.63, 3.8) is 0 Å². The normalized spacial score (nSPS) is 21.5. The molecule has 0 atom stereocenters. The van der Waals surface area contributed by atoms with Gasteiger partial charge in [-0.3, -0.25) is 4.90 Å². The highest BCUT2D eigenvalue weighted by Crippen LogP contribution is 2.05. The van der Waals surface area contributed by atoms with Gasteiger partial charge in [-0.15, -0.1) is 0 Å². The molecule has 0 saturated carbocycles. The molecule has 0 aromatic heterocycles. The van der Waals surface area contributed by atoms with E-state index >= 15 is 0 Å². The summed E-state index contributed by atoms with van der Waals surface area (Å²) in [5, 5.41) is 0.900. The summed E-state index contributed by atoms with van der Waals surface area (Å²) in [6, 6.07) is 0. The van der Waals surface area contributed by atoms with Crippen molar-refractivity contribution in [2.75, 3.05) is 19.6 Å². The topological polar surface area (TPSA) is 3.01 Å². The molecule has 1 nitrogen and oxygen atoms in total. The predicted molar refractivity (Wildman–Crippen MR) is 36.0 cm³/mol. The Bertz CT molecular complexity index is 101. The van der Waals surface area contributed by atoms with E-state index in [-0.39, 0.29) is 0 Å². The lowest BCUT2D eigenvalue weighted by Gasteiger charge is -1.89. The van der Waals surface area contributed by atoms with E-state index in [1.807, 2.05) is 13.0 Å². The second-order valence-corrected chi connectivity index (χ2v) is 2.69. The summed E-state index contributed by atoms with van der Waals surface area (Å²) in [5.74, 6) is 0. The number of nitrogens with zero attached hydrogens (tertiary/aromatic N) is 1. The predicted octanol–water partition coefficient (Wildman–Crippen LogP) is 1.44. The van der Waals surface area contributed by atoms with E-state index < -0.39 is 0 Å². The van der Waals surface area contributed by atoms with Gasteiger partial charge in [-0.25, -0.2) is 0 Å². The van der Waals surface area contributed by atoms with Crippen LogP contribution in [-0.4, -0.2) is 24.5 Å². The van der Waals surface area contributed by atoms with Gasteiger partial charge in [0, 0.05) is 24.7 Å². The van der Waals surface area contributed by atoms with Gasteiger partial charge in [-0.1, -0.05) is 17.7 Å². The lowest BCUT2D eigenvalue weighted by Crippen LogP contribution is -1.93. The van der Waals surface area contributed by atoms with Crippen LogP contribution in [0.2, 0.25) is 0 Å². The van der Waals surface area contributed by atoms with Gasteiger partial charge < -0.3 is 0 Å². The molecule has 46 valence electrons. The fourth-order valence-electron chi connectivity index (χ4n) is 0.508. The standard InChI is InChI=1S/C6H10ClN/c1-6(7)2-3-8-4-5-8/h2H,3-5H2,1H3. The number of hydrogen-bond acceptors (Lipinski definition) is 1. The van der Waals surface area contributed by atoms with Gasteiger partial charge in [0.25, 0.3) is 0 Å². The van der Waals surface area contributed by atoms with Crippen LogP contribution in [0.3, 0.4) is 0 Å². The minimum Gasteiger partial charge on any atom is -0.297 e. The molecule has 0 radical (unpaired) electrons. The highest BCUT2D eigenvalue weighted by atomic mass is 35.5. The van der Waals surface area contributed by atoms with Crippen LogP contribution in [-0.2, 0) is 0 Å². The summed E-state index contributed by atoms with van der Waals surface area (Å²) in [6.45, 7) is 5.45. The number of allylic oxidation sites excluding steroid dienone is 1. The first-order valence-electron chi connectivity index (χ1n) is 2.83. The minimum absolute atomic E-state index is 0.900. The van der Waals surface area contributed by atoms with Gasteiger partial charge in [-0.2, -0.15) is 0 Å². The molecular weight excluding hydrogens is 122 g/mol. The van der Waals surface area contributed by atoms with Gasteiger partial charge in [0.2, 0.25) is 0 Å². The van der Waals surface area contributed by atoms with Crippen LogP contribution in [0.1, 0.15) is 6.92 Å². The van der Waals surface area contributed by atoms with Crippen LogP contribution in [0.25, 0.3) is 0 Å². The maximum atomic E-state index is 5.58. The van der Waals surface area contributed by atoms with E-state index in [9.17, 15) is 0 Å². The zero-order chi connectivity index (χ0) is 5.98. The second kappa shape index (κ2) is 2.51. The van der Waals surface area contributed by atoms with Gasteiger partial charge in [0.15, 0.2) is 0 Å². The molecule has 1 rings (SSSR count). The number of hydrogen-bond donors (Lipinski definition) is 0. The summed E-state index contributed by atoms with van der Waals surface area (Å²) in [6.07, 6.45) is 2.04. The van der Waals surface area contributed by atoms with E-state index in [2.05, 4.69) is 4.90 Å². The SMILES string of the molecule is CC(Cl)=CCN1CC1. The van der Waals surface area contributed by atoms with Crippen LogP contribution in [0.15, 0.2) is 11.1 Å². The largest absolute Gasteiger partial charge is 0.297 e. The van der Waals surface area contributed by atoms with Crippen LogP contribution in [0.4, 0.5) is 0 Å². The lowest BCUT2D eigenvalue weighted by atomic mass is 10.5. The van der Waals surface area contributed by atoms with Crippen molar-refractivity contribution in [1.29, 1.82) is 0 Å². The Morgan fingerprint density at radius 3 is 2.75 bits per heavy atom. The van der Waals surface area contributed by atoms with Crippen LogP contribution in [0, 0.1) is 0 Å². The van der Waals surface area contributed by atoms with Crippen molar-refractivity contribution in [2.45, 2.75) is 6.92 Å². The van der Waals surface area contributed by atoms with E-state index in [1.54, 1.807) is 0 Å². The molecule has 1 heterocycles. The Balaban J connectivity index is 2.10. The first kappa shape index (κ1) is 6.12. The molecule has 0 aliphatic carbocycles. The van der Waals surface area contributed by atoms with Crippen molar-refractivity contribution in [1.82, 2.24) is 4.90 Å². The third kappa shape index (κ3) is 2.34. The van der Waals surface area contributed by atoms with Gasteiger partial charge in [0.05, 0.1) is 0 Å². The molecule has 0 aromatic rings. The minimum atomic E-state index is 0.900. The maximum Gasteiger partial charge on any atom is 0.0178 e. The Morgan fingerprint density at radius 2 is 2.38 bits per heavy atom. The summed E-state index contributed by atoms with van der Waals surface area (Å²) in [4.78, 5) is 2.31. The van der Waals surface area contributed by atoms with E-state index in [1.165, 1.54) is 13.1 Å². The molecule has 0 N–H and O–H groups in total. The van der Waals surface area contributed by atoms with Crippen molar-refractivity contribution in [3.05, 3.63) is 11.1 Å². The molecule has 0 unspecified atom stereocenters. The summed E-state index contributed by atoms with van der Waals surface area (Å²) in [7, 11) is 0. The molecular formula is C6H10ClN. The highest BCUT2D eigenvalue weighted by Gasteiger charge is 2.13. The van der Waals surface area contributed by atoms with Crippen molar-refractivity contribution >= 4 is 11.6 Å².